The fraction of sp³-hybridized carbons (Fsp3) is 0.0769. The first kappa shape index (κ1) is 12.3. The molecule has 1 aromatic carbocycles. The Morgan fingerprint density at radius 2 is 1.89 bits per heavy atom. The Kier molecular flexibility index (Phi) is 3.27. The molecule has 0 radical (unpaired) electrons. The monoisotopic (exact) mass is 292 g/mol. The molecule has 19 heavy (non-hydrogen) atoms. The maximum atomic E-state index is 5.97. The Morgan fingerprint density at radius 3 is 2.68 bits per heavy atom. The molecular formula is C13H10Cl2N4. The minimum Gasteiger partial charge on any atom is -0.365 e. The molecule has 2 aromatic heterocycles. The largest absolute Gasteiger partial charge is 0.365 e. The molecule has 3 rings (SSSR count). The molecule has 0 fully saturated rings. The number of aromatic amines is 1. The molecule has 0 bridgehead atoms. The molecule has 0 amide bonds. The maximum Gasteiger partial charge on any atom is 0.142 e. The molecule has 6 heteroatoms. The van der Waals surface area contributed by atoms with E-state index in [0.29, 0.717) is 16.6 Å². The van der Waals surface area contributed by atoms with Crippen molar-refractivity contribution in [2.24, 2.45) is 0 Å². The Labute approximate surface area is 119 Å². The molecule has 0 saturated carbocycles. The molecule has 0 aliphatic heterocycles. The lowest BCUT2D eigenvalue weighted by atomic mass is 10.2. The summed E-state index contributed by atoms with van der Waals surface area (Å²) >= 11 is 11.9. The predicted molar refractivity (Wildman–Crippen MR) is 77.7 cm³/mol. The van der Waals surface area contributed by atoms with Crippen molar-refractivity contribution in [3.8, 4) is 0 Å². The van der Waals surface area contributed by atoms with Crippen LogP contribution in [0, 0.1) is 0 Å². The molecule has 0 spiro atoms. The zero-order valence-corrected chi connectivity index (χ0v) is 11.3. The third-order valence-electron chi connectivity index (χ3n) is 2.74. The molecule has 0 aliphatic rings. The second-order valence-corrected chi connectivity index (χ2v) is 4.97. The number of fused-ring (bicyclic) bond motifs is 1. The van der Waals surface area contributed by atoms with Gasteiger partial charge in [-0.1, -0.05) is 23.2 Å². The van der Waals surface area contributed by atoms with E-state index in [1.54, 1.807) is 6.07 Å². The number of H-pyrrole nitrogens is 1. The molecule has 2 N–H and O–H groups in total. The second-order valence-electron chi connectivity index (χ2n) is 4.09. The number of halogens is 2. The van der Waals surface area contributed by atoms with Crippen LogP contribution >= 0.6 is 23.2 Å². The molecule has 3 aromatic rings. The third-order valence-corrected chi connectivity index (χ3v) is 3.17. The van der Waals surface area contributed by atoms with Crippen molar-refractivity contribution in [3.05, 3.63) is 52.4 Å². The highest BCUT2D eigenvalue weighted by molar-refractivity contribution is 6.34. The fourth-order valence-corrected chi connectivity index (χ4v) is 2.48. The molecule has 0 atom stereocenters. The van der Waals surface area contributed by atoms with Gasteiger partial charge in [0.1, 0.15) is 17.8 Å². The predicted octanol–water partition coefficient (Wildman–Crippen LogP) is 3.88. The highest BCUT2D eigenvalue weighted by atomic mass is 35.5. The first-order valence-electron chi connectivity index (χ1n) is 5.69. The van der Waals surface area contributed by atoms with Gasteiger partial charge in [-0.3, -0.25) is 0 Å². The summed E-state index contributed by atoms with van der Waals surface area (Å²) in [5, 5.41) is 5.46. The summed E-state index contributed by atoms with van der Waals surface area (Å²) in [5.41, 5.74) is 1.81. The van der Waals surface area contributed by atoms with Crippen LogP contribution < -0.4 is 5.32 Å². The fourth-order valence-electron chi connectivity index (χ4n) is 1.91. The lowest BCUT2D eigenvalue weighted by molar-refractivity contribution is 1.10. The van der Waals surface area contributed by atoms with Crippen LogP contribution in [-0.2, 0) is 6.54 Å². The van der Waals surface area contributed by atoms with Gasteiger partial charge in [-0.15, -0.1) is 0 Å². The summed E-state index contributed by atoms with van der Waals surface area (Å²) in [7, 11) is 0. The molecule has 0 unspecified atom stereocenters. The van der Waals surface area contributed by atoms with Gasteiger partial charge in [0.2, 0.25) is 0 Å². The number of aromatic nitrogens is 3. The van der Waals surface area contributed by atoms with E-state index in [0.717, 1.165) is 22.4 Å². The Balaban J connectivity index is 1.84. The standard InChI is InChI=1S/C13H10Cl2N4/c14-9-3-8(4-10(15)5-9)6-17-13-11-1-2-16-12(11)18-7-19-13/h1-5,7H,6H2,(H2,16,17,18,19). The average molecular weight is 293 g/mol. The van der Waals surface area contributed by atoms with Gasteiger partial charge in [0.25, 0.3) is 0 Å². The van der Waals surface area contributed by atoms with E-state index < -0.39 is 0 Å². The normalized spacial score (nSPS) is 10.8. The lowest BCUT2D eigenvalue weighted by Gasteiger charge is -2.07. The highest BCUT2D eigenvalue weighted by Gasteiger charge is 2.04. The zero-order chi connectivity index (χ0) is 13.2. The zero-order valence-electron chi connectivity index (χ0n) is 9.82. The number of rotatable bonds is 3. The third kappa shape index (κ3) is 2.64. The molecule has 4 nitrogen and oxygen atoms in total. The first-order valence-corrected chi connectivity index (χ1v) is 6.45. The summed E-state index contributed by atoms with van der Waals surface area (Å²) in [6, 6.07) is 7.39. The molecule has 0 aliphatic carbocycles. The van der Waals surface area contributed by atoms with Gasteiger partial charge in [0.05, 0.1) is 5.39 Å². The number of benzene rings is 1. The second kappa shape index (κ2) is 5.07. The van der Waals surface area contributed by atoms with Crippen molar-refractivity contribution in [2.45, 2.75) is 6.54 Å². The minimum atomic E-state index is 0.595. The smallest absolute Gasteiger partial charge is 0.142 e. The lowest BCUT2D eigenvalue weighted by Crippen LogP contribution is -2.02. The van der Waals surface area contributed by atoms with E-state index in [-0.39, 0.29) is 0 Å². The molecule has 96 valence electrons. The van der Waals surface area contributed by atoms with E-state index in [2.05, 4.69) is 20.3 Å². The van der Waals surface area contributed by atoms with Crippen LogP contribution in [0.3, 0.4) is 0 Å². The van der Waals surface area contributed by atoms with Gasteiger partial charge in [0, 0.05) is 22.8 Å². The van der Waals surface area contributed by atoms with Crippen LogP contribution in [0.15, 0.2) is 36.8 Å². The SMILES string of the molecule is Clc1cc(Cl)cc(CNc2ncnc3[nH]ccc23)c1. The van der Waals surface area contributed by atoms with Crippen molar-refractivity contribution in [3.63, 3.8) is 0 Å². The summed E-state index contributed by atoms with van der Waals surface area (Å²) in [6.45, 7) is 0.595. The van der Waals surface area contributed by atoms with Crippen LogP contribution in [0.1, 0.15) is 5.56 Å². The van der Waals surface area contributed by atoms with Crippen LogP contribution in [-0.4, -0.2) is 15.0 Å². The summed E-state index contributed by atoms with van der Waals surface area (Å²) < 4.78 is 0. The van der Waals surface area contributed by atoms with Crippen molar-refractivity contribution in [2.75, 3.05) is 5.32 Å². The minimum absolute atomic E-state index is 0.595. The van der Waals surface area contributed by atoms with E-state index in [1.165, 1.54) is 6.33 Å². The van der Waals surface area contributed by atoms with Crippen LogP contribution in [0.2, 0.25) is 10.0 Å². The number of hydrogen-bond donors (Lipinski definition) is 2. The van der Waals surface area contributed by atoms with Crippen LogP contribution in [0.25, 0.3) is 11.0 Å². The van der Waals surface area contributed by atoms with E-state index in [1.807, 2.05) is 24.4 Å². The van der Waals surface area contributed by atoms with Gasteiger partial charge >= 0.3 is 0 Å². The number of hydrogen-bond acceptors (Lipinski definition) is 3. The first-order chi connectivity index (χ1) is 9.22. The average Bonchev–Trinajstić information content (AvgIpc) is 2.83. The maximum absolute atomic E-state index is 5.97. The van der Waals surface area contributed by atoms with E-state index >= 15 is 0 Å². The van der Waals surface area contributed by atoms with E-state index in [4.69, 9.17) is 23.2 Å². The van der Waals surface area contributed by atoms with Gasteiger partial charge in [-0.25, -0.2) is 9.97 Å². The van der Waals surface area contributed by atoms with Gasteiger partial charge in [-0.05, 0) is 29.8 Å². The van der Waals surface area contributed by atoms with Gasteiger partial charge < -0.3 is 10.3 Å². The Morgan fingerprint density at radius 1 is 1.11 bits per heavy atom. The van der Waals surface area contributed by atoms with Crippen molar-refractivity contribution in [1.82, 2.24) is 15.0 Å². The molecule has 2 heterocycles. The Hall–Kier alpha value is -1.78. The summed E-state index contributed by atoms with van der Waals surface area (Å²) in [4.78, 5) is 11.4. The summed E-state index contributed by atoms with van der Waals surface area (Å²) in [6.07, 6.45) is 3.35. The van der Waals surface area contributed by atoms with Crippen molar-refractivity contribution in [1.29, 1.82) is 0 Å². The topological polar surface area (TPSA) is 53.6 Å². The van der Waals surface area contributed by atoms with Gasteiger partial charge in [0.15, 0.2) is 0 Å². The van der Waals surface area contributed by atoms with E-state index in [9.17, 15) is 0 Å². The van der Waals surface area contributed by atoms with Crippen molar-refractivity contribution >= 4 is 40.1 Å². The molecule has 0 saturated heterocycles. The van der Waals surface area contributed by atoms with Gasteiger partial charge in [-0.2, -0.15) is 0 Å². The van der Waals surface area contributed by atoms with Crippen LogP contribution in [0.4, 0.5) is 5.82 Å². The Bertz CT molecular complexity index is 703. The molecular weight excluding hydrogens is 283 g/mol. The summed E-state index contributed by atoms with van der Waals surface area (Å²) in [5.74, 6) is 0.780. The quantitative estimate of drug-likeness (QED) is 0.770. The number of nitrogens with zero attached hydrogens (tertiary/aromatic N) is 2. The van der Waals surface area contributed by atoms with Crippen LogP contribution in [0.5, 0.6) is 0 Å². The highest BCUT2D eigenvalue weighted by Crippen LogP contribution is 2.21. The number of anilines is 1. The van der Waals surface area contributed by atoms with Crippen molar-refractivity contribution < 1.29 is 0 Å². The number of nitrogens with one attached hydrogen (secondary N) is 2.